The van der Waals surface area contributed by atoms with Crippen LogP contribution >= 0.6 is 27.7 Å². The average molecular weight is 427 g/mol. The maximum absolute atomic E-state index is 14.6. The molecule has 0 aromatic heterocycles. The van der Waals surface area contributed by atoms with Crippen molar-refractivity contribution in [3.05, 3.63) is 71.8 Å². The highest BCUT2D eigenvalue weighted by Crippen LogP contribution is 2.49. The maximum atomic E-state index is 14.6. The lowest BCUT2D eigenvalue weighted by molar-refractivity contribution is -0.0432. The van der Waals surface area contributed by atoms with Gasteiger partial charge in [-0.15, -0.1) is 11.8 Å². The average Bonchev–Trinajstić information content (AvgIpc) is 2.84. The molecule has 0 unspecified atom stereocenters. The van der Waals surface area contributed by atoms with Crippen LogP contribution in [0.5, 0.6) is 0 Å². The van der Waals surface area contributed by atoms with Gasteiger partial charge >= 0.3 is 0 Å². The molecule has 1 saturated heterocycles. The summed E-state index contributed by atoms with van der Waals surface area (Å²) in [4.78, 5) is 0. The summed E-state index contributed by atoms with van der Waals surface area (Å²) < 4.78 is 24.4. The van der Waals surface area contributed by atoms with Crippen molar-refractivity contribution in [1.29, 1.82) is 0 Å². The standard InChI is InChI=1S/C19H20BrFO3S/c20-19(22)18(21)17(24-12-15-9-5-2-6-10-15)16(25-19)13-23-11-14-7-3-1-4-8-14/h1-10,16-18,22H,11-13H2/t16-,17+,18+,19+/m0/s1. The van der Waals surface area contributed by atoms with Crippen molar-refractivity contribution in [2.75, 3.05) is 6.61 Å². The van der Waals surface area contributed by atoms with E-state index in [1.54, 1.807) is 0 Å². The molecular formula is C19H20BrFO3S. The van der Waals surface area contributed by atoms with Gasteiger partial charge in [0, 0.05) is 0 Å². The van der Waals surface area contributed by atoms with Gasteiger partial charge in [0.25, 0.3) is 0 Å². The Morgan fingerprint density at radius 1 is 1.00 bits per heavy atom. The van der Waals surface area contributed by atoms with Crippen molar-refractivity contribution in [3.8, 4) is 0 Å². The first-order valence-corrected chi connectivity index (χ1v) is 9.74. The molecule has 4 atom stereocenters. The third-order valence-electron chi connectivity index (χ3n) is 3.99. The summed E-state index contributed by atoms with van der Waals surface area (Å²) in [6, 6.07) is 19.4. The molecule has 0 spiro atoms. The smallest absolute Gasteiger partial charge is 0.201 e. The van der Waals surface area contributed by atoms with Crippen molar-refractivity contribution >= 4 is 27.7 Å². The zero-order valence-corrected chi connectivity index (χ0v) is 16.0. The lowest BCUT2D eigenvalue weighted by Crippen LogP contribution is -2.37. The van der Waals surface area contributed by atoms with Gasteiger partial charge in [0.05, 0.1) is 25.1 Å². The van der Waals surface area contributed by atoms with E-state index >= 15 is 0 Å². The fourth-order valence-corrected chi connectivity index (χ4v) is 4.87. The summed E-state index contributed by atoms with van der Waals surface area (Å²) in [5, 5.41) is 9.89. The number of alkyl halides is 2. The second-order valence-electron chi connectivity index (χ2n) is 5.93. The van der Waals surface area contributed by atoms with E-state index in [2.05, 4.69) is 15.9 Å². The van der Waals surface area contributed by atoms with E-state index in [1.807, 2.05) is 60.7 Å². The van der Waals surface area contributed by atoms with Gasteiger partial charge < -0.3 is 14.6 Å². The van der Waals surface area contributed by atoms with Crippen molar-refractivity contribution in [3.63, 3.8) is 0 Å². The number of ether oxygens (including phenoxy) is 2. The van der Waals surface area contributed by atoms with Crippen molar-refractivity contribution in [1.82, 2.24) is 0 Å². The van der Waals surface area contributed by atoms with Crippen LogP contribution in [0, 0.1) is 0 Å². The van der Waals surface area contributed by atoms with Crippen LogP contribution in [0.3, 0.4) is 0 Å². The Labute approximate surface area is 159 Å². The molecule has 25 heavy (non-hydrogen) atoms. The van der Waals surface area contributed by atoms with E-state index < -0.39 is 16.1 Å². The summed E-state index contributed by atoms with van der Waals surface area (Å²) in [7, 11) is 0. The van der Waals surface area contributed by atoms with Crippen LogP contribution in [0.2, 0.25) is 0 Å². The predicted octanol–water partition coefficient (Wildman–Crippen LogP) is 4.28. The molecule has 2 aromatic carbocycles. The fraction of sp³-hybridized carbons (Fsp3) is 0.368. The molecule has 1 fully saturated rings. The highest BCUT2D eigenvalue weighted by atomic mass is 79.9. The fourth-order valence-electron chi connectivity index (χ4n) is 2.69. The Balaban J connectivity index is 1.57. The number of hydrogen-bond donors (Lipinski definition) is 1. The molecular weight excluding hydrogens is 407 g/mol. The minimum atomic E-state index is -1.64. The first-order chi connectivity index (χ1) is 12.1. The highest BCUT2D eigenvalue weighted by Gasteiger charge is 2.54. The minimum absolute atomic E-state index is 0.296. The molecule has 134 valence electrons. The number of aliphatic hydroxyl groups is 1. The van der Waals surface area contributed by atoms with Crippen LogP contribution in [0.25, 0.3) is 0 Å². The SMILES string of the molecule is O[C@@]1(Br)S[C@@H](COCc2ccccc2)[C@@H](OCc2ccccc2)[C@H]1F. The van der Waals surface area contributed by atoms with Crippen molar-refractivity contribution < 1.29 is 19.0 Å². The molecule has 1 aliphatic heterocycles. The number of halogens is 2. The van der Waals surface area contributed by atoms with E-state index in [1.165, 1.54) is 0 Å². The van der Waals surface area contributed by atoms with Gasteiger partial charge in [-0.2, -0.15) is 0 Å². The van der Waals surface area contributed by atoms with Crippen LogP contribution in [0.1, 0.15) is 11.1 Å². The Hall–Kier alpha value is -0.920. The van der Waals surface area contributed by atoms with Crippen LogP contribution in [0.4, 0.5) is 4.39 Å². The van der Waals surface area contributed by atoms with Gasteiger partial charge in [-0.25, -0.2) is 4.39 Å². The molecule has 1 aliphatic rings. The number of benzene rings is 2. The Bertz CT molecular complexity index is 656. The normalized spacial score (nSPS) is 29.0. The van der Waals surface area contributed by atoms with Gasteiger partial charge in [-0.1, -0.05) is 60.7 Å². The first-order valence-electron chi connectivity index (χ1n) is 8.06. The largest absolute Gasteiger partial charge is 0.376 e. The molecule has 0 radical (unpaired) electrons. The van der Waals surface area contributed by atoms with E-state index in [-0.39, 0.29) is 5.25 Å². The number of thioether (sulfide) groups is 1. The molecule has 3 rings (SSSR count). The van der Waals surface area contributed by atoms with Crippen molar-refractivity contribution in [2.45, 2.75) is 34.6 Å². The lowest BCUT2D eigenvalue weighted by atomic mass is 10.1. The summed E-state index contributed by atoms with van der Waals surface area (Å²) in [5.74, 6) is 0. The monoisotopic (exact) mass is 426 g/mol. The second kappa shape index (κ2) is 8.64. The topological polar surface area (TPSA) is 38.7 Å². The van der Waals surface area contributed by atoms with E-state index in [9.17, 15) is 9.50 Å². The van der Waals surface area contributed by atoms with Gasteiger partial charge in [0.15, 0.2) is 6.17 Å². The molecule has 0 bridgehead atoms. The van der Waals surface area contributed by atoms with Gasteiger partial charge in [0.1, 0.15) is 6.10 Å². The summed E-state index contributed by atoms with van der Waals surface area (Å²) in [6.45, 7) is 1.04. The maximum Gasteiger partial charge on any atom is 0.201 e. The summed E-state index contributed by atoms with van der Waals surface area (Å²) >= 11 is 4.16. The molecule has 0 aliphatic carbocycles. The van der Waals surface area contributed by atoms with Gasteiger partial charge in [0.2, 0.25) is 3.84 Å². The van der Waals surface area contributed by atoms with E-state index in [0.717, 1.165) is 22.9 Å². The van der Waals surface area contributed by atoms with Gasteiger partial charge in [-0.3, -0.25) is 0 Å². The Kier molecular flexibility index (Phi) is 6.52. The molecule has 3 nitrogen and oxygen atoms in total. The minimum Gasteiger partial charge on any atom is -0.376 e. The van der Waals surface area contributed by atoms with Crippen LogP contribution in [-0.4, -0.2) is 33.1 Å². The highest BCUT2D eigenvalue weighted by molar-refractivity contribution is 9.11. The third kappa shape index (κ3) is 5.05. The van der Waals surface area contributed by atoms with Crippen LogP contribution < -0.4 is 0 Å². The van der Waals surface area contributed by atoms with Crippen LogP contribution in [0.15, 0.2) is 60.7 Å². The quantitative estimate of drug-likeness (QED) is 0.670. The Morgan fingerprint density at radius 2 is 1.56 bits per heavy atom. The third-order valence-corrected chi connectivity index (χ3v) is 6.25. The Morgan fingerprint density at radius 3 is 2.16 bits per heavy atom. The van der Waals surface area contributed by atoms with Gasteiger partial charge in [-0.05, 0) is 27.1 Å². The first kappa shape index (κ1) is 18.9. The zero-order chi connectivity index (χ0) is 17.7. The molecule has 2 aromatic rings. The van der Waals surface area contributed by atoms with E-state index in [0.29, 0.717) is 19.8 Å². The molecule has 0 amide bonds. The summed E-state index contributed by atoms with van der Waals surface area (Å²) in [6.07, 6.45) is -2.28. The second-order valence-corrected chi connectivity index (χ2v) is 9.13. The zero-order valence-electron chi connectivity index (χ0n) is 13.6. The number of rotatable bonds is 7. The molecule has 6 heteroatoms. The predicted molar refractivity (Wildman–Crippen MR) is 101 cm³/mol. The molecule has 1 N–H and O–H groups in total. The van der Waals surface area contributed by atoms with Crippen LogP contribution in [-0.2, 0) is 22.7 Å². The van der Waals surface area contributed by atoms with E-state index in [4.69, 9.17) is 9.47 Å². The lowest BCUT2D eigenvalue weighted by Gasteiger charge is -2.21. The van der Waals surface area contributed by atoms with Crippen molar-refractivity contribution in [2.24, 2.45) is 0 Å². The molecule has 0 saturated carbocycles. The summed E-state index contributed by atoms with van der Waals surface area (Å²) in [5.41, 5.74) is 2.02. The number of hydrogen-bond acceptors (Lipinski definition) is 4. The molecule has 1 heterocycles.